The van der Waals surface area contributed by atoms with Gasteiger partial charge in [-0.15, -0.1) is 0 Å². The minimum atomic E-state index is -8.43. The number of hydrogen-bond acceptors (Lipinski definition) is 6. The summed E-state index contributed by atoms with van der Waals surface area (Å²) >= 11 is 0. The zero-order valence-corrected chi connectivity index (χ0v) is 16.8. The molecule has 0 radical (unpaired) electrons. The Morgan fingerprint density at radius 2 is 0.600 bits per heavy atom. The first-order valence-corrected chi connectivity index (χ1v) is 7.95. The molecule has 0 aromatic rings. The summed E-state index contributed by atoms with van der Waals surface area (Å²) in [6, 6.07) is -8.43. The Hall–Kier alpha value is -2.68. The molecule has 0 fully saturated rings. The summed E-state index contributed by atoms with van der Waals surface area (Å²) in [5.41, 5.74) is 0. The summed E-state index contributed by atoms with van der Waals surface area (Å²) in [6.07, 6.45) is -54.6. The second-order valence-electron chi connectivity index (χ2n) is 6.23. The molecule has 0 aliphatic heterocycles. The van der Waals surface area contributed by atoms with E-state index < -0.39 is 72.8 Å². The van der Waals surface area contributed by atoms with Crippen molar-refractivity contribution in [2.24, 2.45) is 0 Å². The quantitative estimate of drug-likeness (QED) is 0.180. The van der Waals surface area contributed by atoms with E-state index in [-0.39, 0.29) is 0 Å². The van der Waals surface area contributed by atoms with Crippen LogP contribution in [0.4, 0.5) is 96.6 Å². The number of halogens is 22. The summed E-state index contributed by atoms with van der Waals surface area (Å²) in [5.74, 6) is -26.1. The van der Waals surface area contributed by atoms with Crippen LogP contribution in [0.3, 0.4) is 0 Å². The van der Waals surface area contributed by atoms with Crippen molar-refractivity contribution >= 4 is 11.9 Å². The number of carbonyl (C=O) groups excluding carboxylic acids is 2. The van der Waals surface area contributed by atoms with Gasteiger partial charge in [-0.3, -0.25) is 9.47 Å². The smallest absolute Gasteiger partial charge is 0.389 e. The Balaban J connectivity index is 7.23. The van der Waals surface area contributed by atoms with Crippen LogP contribution in [0.2, 0.25) is 0 Å². The fourth-order valence-electron chi connectivity index (χ4n) is 1.54. The number of carbonyl (C=O) groups is 2. The van der Waals surface area contributed by atoms with Crippen LogP contribution in [0.15, 0.2) is 0 Å². The lowest BCUT2D eigenvalue weighted by Gasteiger charge is -2.41. The van der Waals surface area contributed by atoms with Gasteiger partial charge in [0.25, 0.3) is 0 Å². The molecule has 0 bridgehead atoms. The van der Waals surface area contributed by atoms with Crippen molar-refractivity contribution < 1.29 is 125 Å². The molecule has 28 heteroatoms. The summed E-state index contributed by atoms with van der Waals surface area (Å²) < 4.78 is 288. The van der Waals surface area contributed by atoms with Gasteiger partial charge in [-0.25, -0.2) is 9.59 Å². The first-order valence-electron chi connectivity index (χ1n) is 7.95. The molecule has 0 N–H and O–H groups in total. The highest BCUT2D eigenvalue weighted by molar-refractivity contribution is 5.76. The van der Waals surface area contributed by atoms with E-state index in [1.54, 1.807) is 9.47 Å². The van der Waals surface area contributed by atoms with Gasteiger partial charge in [0.1, 0.15) is 0 Å². The van der Waals surface area contributed by atoms with Crippen LogP contribution < -0.4 is 0 Å². The average molecular weight is 658 g/mol. The van der Waals surface area contributed by atoms with Gasteiger partial charge < -0.3 is 9.47 Å². The van der Waals surface area contributed by atoms with Gasteiger partial charge in [-0.1, -0.05) is 0 Å². The van der Waals surface area contributed by atoms with Gasteiger partial charge in [0.15, 0.2) is 0 Å². The second kappa shape index (κ2) is 10.00. The van der Waals surface area contributed by atoms with Crippen LogP contribution in [0, 0.1) is 0 Å². The molecule has 0 saturated heterocycles. The topological polar surface area (TPSA) is 71.1 Å². The molecule has 0 aliphatic carbocycles. The number of rotatable bonds is 8. The molecule has 0 rings (SSSR count). The Morgan fingerprint density at radius 1 is 0.375 bits per heavy atom. The predicted octanol–water partition coefficient (Wildman–Crippen LogP) is 6.06. The molecule has 0 aromatic carbocycles. The first kappa shape index (κ1) is 37.3. The molecule has 0 amide bonds. The number of hydrogen-bond donors (Lipinski definition) is 0. The molecule has 238 valence electrons. The summed E-state index contributed by atoms with van der Waals surface area (Å²) in [7, 11) is 0. The zero-order valence-electron chi connectivity index (χ0n) is 16.8. The van der Waals surface area contributed by atoms with E-state index >= 15 is 0 Å². The Kier molecular flexibility index (Phi) is 9.33. The van der Waals surface area contributed by atoms with Gasteiger partial charge in [0.05, 0.1) is 0 Å². The molecule has 0 aromatic heterocycles. The van der Waals surface area contributed by atoms with Crippen LogP contribution in [0.5, 0.6) is 0 Å². The fourth-order valence-corrected chi connectivity index (χ4v) is 1.54. The minimum absolute atomic E-state index is 1.25. The molecule has 2 unspecified atom stereocenters. The van der Waals surface area contributed by atoms with E-state index in [9.17, 15) is 106 Å². The van der Waals surface area contributed by atoms with Crippen molar-refractivity contribution in [1.29, 1.82) is 0 Å². The number of esters is 2. The largest absolute Gasteiger partial charge is 0.491 e. The van der Waals surface area contributed by atoms with Crippen LogP contribution in [0.1, 0.15) is 0 Å². The standard InChI is InChI=1S/C12F22O6/c13-3(14,15)1(35)37-10(30,31)5(19,7(21,22)23)39-12(34,9(27,28)29)40-6(20,8(24,25)26)11(32,33)38-2(36)4(16,17)18. The minimum Gasteiger partial charge on any atom is -0.389 e. The molecule has 0 spiro atoms. The van der Waals surface area contributed by atoms with E-state index in [1.807, 2.05) is 0 Å². The van der Waals surface area contributed by atoms with Gasteiger partial charge >= 0.3 is 72.8 Å². The van der Waals surface area contributed by atoms with Crippen LogP contribution in [-0.2, 0) is 28.5 Å². The fraction of sp³-hybridized carbons (Fsp3) is 0.833. The monoisotopic (exact) mass is 658 g/mol. The normalized spacial score (nSPS) is 19.2. The van der Waals surface area contributed by atoms with Gasteiger partial charge in [0, 0.05) is 0 Å². The van der Waals surface area contributed by atoms with Crippen molar-refractivity contribution in [3.8, 4) is 0 Å². The maximum Gasteiger partial charge on any atom is 0.491 e. The SMILES string of the molecule is O=C(OC(F)(F)C(F)(OC(F)(OC(F)(C(F)(F)F)C(F)(F)OC(=O)C(F)(F)F)C(F)(F)F)C(F)(F)F)C(F)(F)F. The Labute approximate surface area is 199 Å². The molecular formula is C12F22O6. The lowest BCUT2D eigenvalue weighted by atomic mass is 10.2. The van der Waals surface area contributed by atoms with Gasteiger partial charge in [-0.2, -0.15) is 96.6 Å². The van der Waals surface area contributed by atoms with Crippen molar-refractivity contribution in [2.75, 3.05) is 0 Å². The molecule has 2 atom stereocenters. The van der Waals surface area contributed by atoms with Crippen LogP contribution in [-0.4, -0.2) is 72.8 Å². The first-order chi connectivity index (χ1) is 16.9. The van der Waals surface area contributed by atoms with Crippen molar-refractivity contribution in [3.05, 3.63) is 0 Å². The van der Waals surface area contributed by atoms with Gasteiger partial charge in [0.2, 0.25) is 0 Å². The third-order valence-electron chi connectivity index (χ3n) is 3.26. The highest BCUT2D eigenvalue weighted by atomic mass is 19.4. The van der Waals surface area contributed by atoms with E-state index in [2.05, 4.69) is 0 Å². The maximum absolute atomic E-state index is 14.1. The van der Waals surface area contributed by atoms with Crippen LogP contribution in [0.25, 0.3) is 0 Å². The Bertz CT molecular complexity index is 874. The predicted molar refractivity (Wildman–Crippen MR) is 66.0 cm³/mol. The zero-order chi connectivity index (χ0) is 33.0. The summed E-state index contributed by atoms with van der Waals surface area (Å²) in [5, 5.41) is 0. The number of alkyl halides is 22. The molecule has 0 heterocycles. The number of ether oxygens (including phenoxy) is 4. The van der Waals surface area contributed by atoms with Crippen LogP contribution >= 0.6 is 0 Å². The van der Waals surface area contributed by atoms with Crippen molar-refractivity contribution in [2.45, 2.75) is 60.8 Å². The van der Waals surface area contributed by atoms with Crippen molar-refractivity contribution in [1.82, 2.24) is 0 Å². The maximum atomic E-state index is 14.1. The highest BCUT2D eigenvalue weighted by Gasteiger charge is 2.86. The van der Waals surface area contributed by atoms with Crippen molar-refractivity contribution in [3.63, 3.8) is 0 Å². The highest BCUT2D eigenvalue weighted by Crippen LogP contribution is 2.57. The van der Waals surface area contributed by atoms with Gasteiger partial charge in [-0.05, 0) is 0 Å². The molecular weight excluding hydrogens is 658 g/mol. The van der Waals surface area contributed by atoms with E-state index in [4.69, 9.17) is 0 Å². The third kappa shape index (κ3) is 7.14. The third-order valence-corrected chi connectivity index (χ3v) is 3.26. The molecule has 0 aliphatic rings. The molecule has 0 saturated carbocycles. The molecule has 40 heavy (non-hydrogen) atoms. The molecule has 6 nitrogen and oxygen atoms in total. The van der Waals surface area contributed by atoms with E-state index in [0.29, 0.717) is 0 Å². The Morgan fingerprint density at radius 3 is 0.750 bits per heavy atom. The van der Waals surface area contributed by atoms with E-state index in [1.165, 1.54) is 9.47 Å². The summed E-state index contributed by atoms with van der Waals surface area (Å²) in [4.78, 5) is 20.6. The lowest BCUT2D eigenvalue weighted by Crippen LogP contribution is -2.69. The summed E-state index contributed by atoms with van der Waals surface area (Å²) in [6.45, 7) is 0. The average Bonchev–Trinajstić information content (AvgIpc) is 2.62. The lowest BCUT2D eigenvalue weighted by molar-refractivity contribution is -0.588. The second-order valence-corrected chi connectivity index (χ2v) is 6.23. The van der Waals surface area contributed by atoms with E-state index in [0.717, 1.165) is 0 Å².